The lowest BCUT2D eigenvalue weighted by Crippen LogP contribution is -2.29. The fraction of sp³-hybridized carbons (Fsp3) is 0.417. The molecular formula is C12H13Cl2F2NO. The first-order chi connectivity index (χ1) is 8.45. The lowest BCUT2D eigenvalue weighted by molar-refractivity contribution is 0.0943. The van der Waals surface area contributed by atoms with Crippen molar-refractivity contribution in [1.82, 2.24) is 5.32 Å². The Bertz CT molecular complexity index is 440. The van der Waals surface area contributed by atoms with Crippen LogP contribution in [0.25, 0.3) is 0 Å². The fourth-order valence-electron chi connectivity index (χ4n) is 1.35. The van der Waals surface area contributed by atoms with Crippen LogP contribution in [0.15, 0.2) is 12.1 Å². The van der Waals surface area contributed by atoms with Crippen LogP contribution in [0.1, 0.15) is 23.7 Å². The maximum absolute atomic E-state index is 13.4. The van der Waals surface area contributed by atoms with Crippen molar-refractivity contribution in [3.05, 3.63) is 34.4 Å². The third-order valence-corrected chi connectivity index (χ3v) is 2.98. The van der Waals surface area contributed by atoms with Crippen LogP contribution in [0.5, 0.6) is 0 Å². The molecule has 18 heavy (non-hydrogen) atoms. The topological polar surface area (TPSA) is 29.1 Å². The van der Waals surface area contributed by atoms with E-state index >= 15 is 0 Å². The molecule has 1 aromatic carbocycles. The van der Waals surface area contributed by atoms with Crippen molar-refractivity contribution in [2.75, 3.05) is 12.4 Å². The maximum atomic E-state index is 13.4. The molecule has 0 spiro atoms. The van der Waals surface area contributed by atoms with Crippen molar-refractivity contribution < 1.29 is 13.6 Å². The van der Waals surface area contributed by atoms with Crippen molar-refractivity contribution in [3.63, 3.8) is 0 Å². The van der Waals surface area contributed by atoms with Crippen LogP contribution in [-0.2, 0) is 0 Å². The molecular weight excluding hydrogens is 283 g/mol. The molecule has 1 rings (SSSR count). The van der Waals surface area contributed by atoms with Gasteiger partial charge in [-0.05, 0) is 24.5 Å². The number of hydrogen-bond donors (Lipinski definition) is 1. The number of carbonyl (C=O) groups excluding carboxylic acids is 1. The molecule has 100 valence electrons. The Morgan fingerprint density at radius 1 is 1.39 bits per heavy atom. The Hall–Kier alpha value is -0.870. The van der Waals surface area contributed by atoms with E-state index in [1.54, 1.807) is 0 Å². The van der Waals surface area contributed by atoms with Crippen LogP contribution in [0.4, 0.5) is 8.78 Å². The Balaban J connectivity index is 2.70. The predicted octanol–water partition coefficient (Wildman–Crippen LogP) is 3.61. The first-order valence-corrected chi connectivity index (χ1v) is 6.35. The second kappa shape index (κ2) is 6.90. The molecule has 0 fully saturated rings. The fourth-order valence-corrected chi connectivity index (χ4v) is 1.87. The van der Waals surface area contributed by atoms with E-state index in [4.69, 9.17) is 23.2 Å². The van der Waals surface area contributed by atoms with E-state index in [-0.39, 0.29) is 16.5 Å². The number of carbonyl (C=O) groups is 1. The Kier molecular flexibility index (Phi) is 5.82. The smallest absolute Gasteiger partial charge is 0.254 e. The summed E-state index contributed by atoms with van der Waals surface area (Å²) in [4.78, 5) is 11.6. The van der Waals surface area contributed by atoms with Crippen molar-refractivity contribution in [2.24, 2.45) is 5.92 Å². The standard InChI is InChI=1S/C12H13Cl2F2NO/c1-7(2-3-13)6-17-12(18)8-4-11(16)9(14)5-10(8)15/h4-5,7H,2-3,6H2,1H3,(H,17,18). The van der Waals surface area contributed by atoms with Gasteiger partial charge in [0, 0.05) is 12.4 Å². The maximum Gasteiger partial charge on any atom is 0.254 e. The molecule has 1 atom stereocenters. The highest BCUT2D eigenvalue weighted by Crippen LogP contribution is 2.19. The van der Waals surface area contributed by atoms with Gasteiger partial charge in [0.25, 0.3) is 5.91 Å². The van der Waals surface area contributed by atoms with Crippen LogP contribution >= 0.6 is 23.2 Å². The van der Waals surface area contributed by atoms with Crippen molar-refractivity contribution in [1.29, 1.82) is 0 Å². The van der Waals surface area contributed by atoms with E-state index in [2.05, 4.69) is 5.32 Å². The van der Waals surface area contributed by atoms with Crippen LogP contribution in [0.3, 0.4) is 0 Å². The minimum atomic E-state index is -0.844. The van der Waals surface area contributed by atoms with Crippen LogP contribution in [0, 0.1) is 17.6 Å². The molecule has 0 aliphatic heterocycles. The SMILES string of the molecule is CC(CCCl)CNC(=O)c1cc(F)c(Cl)cc1F. The first kappa shape index (κ1) is 15.2. The van der Waals surface area contributed by atoms with E-state index < -0.39 is 17.5 Å². The second-order valence-corrected chi connectivity index (χ2v) is 4.82. The second-order valence-electron chi connectivity index (χ2n) is 4.04. The number of halogens is 4. The summed E-state index contributed by atoms with van der Waals surface area (Å²) < 4.78 is 26.6. The summed E-state index contributed by atoms with van der Waals surface area (Å²) in [6.07, 6.45) is 0.735. The molecule has 0 aliphatic rings. The van der Waals surface area contributed by atoms with Gasteiger partial charge in [0.1, 0.15) is 11.6 Å². The summed E-state index contributed by atoms with van der Waals surface area (Å²) in [7, 11) is 0. The molecule has 0 heterocycles. The number of benzene rings is 1. The summed E-state index contributed by atoms with van der Waals surface area (Å²) in [6.45, 7) is 2.26. The van der Waals surface area contributed by atoms with E-state index in [0.717, 1.165) is 18.6 Å². The number of rotatable bonds is 5. The quantitative estimate of drug-likeness (QED) is 0.652. The third-order valence-electron chi connectivity index (χ3n) is 2.47. The molecule has 0 saturated heterocycles. The Morgan fingerprint density at radius 2 is 2.06 bits per heavy atom. The summed E-state index contributed by atoms with van der Waals surface area (Å²) in [5.41, 5.74) is -0.352. The molecule has 0 aromatic heterocycles. The van der Waals surface area contributed by atoms with E-state index in [1.807, 2.05) is 6.92 Å². The molecule has 0 aliphatic carbocycles. The van der Waals surface area contributed by atoms with Crippen LogP contribution in [-0.4, -0.2) is 18.3 Å². The largest absolute Gasteiger partial charge is 0.352 e. The minimum Gasteiger partial charge on any atom is -0.352 e. The van der Waals surface area contributed by atoms with Gasteiger partial charge in [0.05, 0.1) is 10.6 Å². The molecule has 1 amide bonds. The minimum absolute atomic E-state index is 0.173. The lowest BCUT2D eigenvalue weighted by atomic mass is 10.1. The average molecular weight is 296 g/mol. The molecule has 1 aromatic rings. The zero-order valence-electron chi connectivity index (χ0n) is 9.77. The van der Waals surface area contributed by atoms with Crippen molar-refractivity contribution in [3.8, 4) is 0 Å². The number of nitrogens with one attached hydrogen (secondary N) is 1. The highest BCUT2D eigenvalue weighted by Gasteiger charge is 2.15. The van der Waals surface area contributed by atoms with E-state index in [9.17, 15) is 13.6 Å². The van der Waals surface area contributed by atoms with Gasteiger partial charge < -0.3 is 5.32 Å². The molecule has 0 bridgehead atoms. The molecule has 6 heteroatoms. The number of amides is 1. The van der Waals surface area contributed by atoms with E-state index in [0.29, 0.717) is 12.4 Å². The summed E-state index contributed by atoms with van der Waals surface area (Å²) in [5, 5.41) is 2.18. The zero-order chi connectivity index (χ0) is 13.7. The zero-order valence-corrected chi connectivity index (χ0v) is 11.3. The molecule has 1 unspecified atom stereocenters. The van der Waals surface area contributed by atoms with Crippen molar-refractivity contribution in [2.45, 2.75) is 13.3 Å². The monoisotopic (exact) mass is 295 g/mol. The average Bonchev–Trinajstić information content (AvgIpc) is 2.31. The Labute approximate surface area is 114 Å². The Morgan fingerprint density at radius 3 is 2.67 bits per heavy atom. The normalized spacial score (nSPS) is 12.3. The highest BCUT2D eigenvalue weighted by molar-refractivity contribution is 6.30. The molecule has 0 saturated carbocycles. The number of alkyl halides is 1. The molecule has 2 nitrogen and oxygen atoms in total. The van der Waals surface area contributed by atoms with Crippen LogP contribution in [0.2, 0.25) is 5.02 Å². The summed E-state index contributed by atoms with van der Waals surface area (Å²) >= 11 is 11.0. The van der Waals surface area contributed by atoms with Gasteiger partial charge in [-0.25, -0.2) is 8.78 Å². The summed E-state index contributed by atoms with van der Waals surface area (Å²) in [6, 6.07) is 1.58. The highest BCUT2D eigenvalue weighted by atomic mass is 35.5. The first-order valence-electron chi connectivity index (χ1n) is 5.44. The van der Waals surface area contributed by atoms with Gasteiger partial charge in [-0.2, -0.15) is 0 Å². The van der Waals surface area contributed by atoms with Crippen LogP contribution < -0.4 is 5.32 Å². The molecule has 0 radical (unpaired) electrons. The number of hydrogen-bond acceptors (Lipinski definition) is 1. The van der Waals surface area contributed by atoms with Gasteiger partial charge in [-0.1, -0.05) is 18.5 Å². The third kappa shape index (κ3) is 4.10. The van der Waals surface area contributed by atoms with Gasteiger partial charge in [-0.3, -0.25) is 4.79 Å². The van der Waals surface area contributed by atoms with Crippen molar-refractivity contribution >= 4 is 29.1 Å². The predicted molar refractivity (Wildman–Crippen MR) is 68.2 cm³/mol. The molecule has 1 N–H and O–H groups in total. The van der Waals surface area contributed by atoms with Gasteiger partial charge >= 0.3 is 0 Å². The summed E-state index contributed by atoms with van der Waals surface area (Å²) in [5.74, 6) is -1.67. The van der Waals surface area contributed by atoms with Gasteiger partial charge in [-0.15, -0.1) is 11.6 Å². The lowest BCUT2D eigenvalue weighted by Gasteiger charge is -2.11. The van der Waals surface area contributed by atoms with Gasteiger partial charge in [0.2, 0.25) is 0 Å². The van der Waals surface area contributed by atoms with E-state index in [1.165, 1.54) is 0 Å². The van der Waals surface area contributed by atoms with Gasteiger partial charge in [0.15, 0.2) is 0 Å².